The number of aliphatic carboxylic acids is 1. The first-order valence-electron chi connectivity index (χ1n) is 17.7. The summed E-state index contributed by atoms with van der Waals surface area (Å²) in [7, 11) is 0. The Balaban J connectivity index is 3.46. The van der Waals surface area contributed by atoms with Crippen LogP contribution in [-0.4, -0.2) is 23.1 Å². The van der Waals surface area contributed by atoms with Gasteiger partial charge in [0.25, 0.3) is 0 Å². The summed E-state index contributed by atoms with van der Waals surface area (Å²) in [5, 5.41) is 8.64. The Labute approximate surface area is 265 Å². The van der Waals surface area contributed by atoms with Gasteiger partial charge in [-0.25, -0.2) is 0 Å². The molecule has 1 atom stereocenters. The fourth-order valence-corrected chi connectivity index (χ4v) is 4.89. The van der Waals surface area contributed by atoms with Crippen LogP contribution in [0.15, 0.2) is 60.8 Å². The molecule has 43 heavy (non-hydrogen) atoms. The lowest BCUT2D eigenvalue weighted by molar-refractivity contribution is -0.148. The summed E-state index contributed by atoms with van der Waals surface area (Å²) in [4.78, 5) is 22.6. The molecule has 246 valence electrons. The van der Waals surface area contributed by atoms with E-state index in [1.54, 1.807) is 0 Å². The molecule has 0 aromatic carbocycles. The standard InChI is InChI=1S/C39H66O4/c1-3-4-5-6-7-8-9-10-11-12-13-14-15-16-21-24-27-30-33-36-39(42)43-37(2)34-31-28-25-22-19-17-18-20-23-26-29-32-35-38(40)41/h4-5,7-8,10-11,13-14,16,21,37H,3,6,9,12,15,17-20,22-36H2,1-2H3,(H,40,41)/b5-4-,8-7-,11-10-,14-13-,21-16-. The minimum absolute atomic E-state index is 0.0318. The number of unbranched alkanes of at least 4 members (excludes halogenated alkanes) is 14. The maximum absolute atomic E-state index is 12.1. The summed E-state index contributed by atoms with van der Waals surface area (Å²) in [6.45, 7) is 4.19. The van der Waals surface area contributed by atoms with E-state index in [1.807, 2.05) is 6.92 Å². The second-order valence-corrected chi connectivity index (χ2v) is 11.8. The van der Waals surface area contributed by atoms with Crippen LogP contribution in [0.5, 0.6) is 0 Å². The fourth-order valence-electron chi connectivity index (χ4n) is 4.89. The number of hydrogen-bond acceptors (Lipinski definition) is 3. The SMILES string of the molecule is CC/C=C\C/C=C\C/C=C\C/C=C\C/C=C\CCCCCC(=O)OC(C)CCCCCCCCCCCCCCC(=O)O. The first kappa shape index (κ1) is 40.6. The van der Waals surface area contributed by atoms with Crippen molar-refractivity contribution in [3.05, 3.63) is 60.8 Å². The zero-order valence-electron chi connectivity index (χ0n) is 28.0. The number of rotatable bonds is 31. The molecule has 0 aliphatic heterocycles. The van der Waals surface area contributed by atoms with Crippen molar-refractivity contribution >= 4 is 11.9 Å². The normalized spacial score (nSPS) is 13.0. The zero-order valence-corrected chi connectivity index (χ0v) is 28.0. The third-order valence-electron chi connectivity index (χ3n) is 7.49. The van der Waals surface area contributed by atoms with Crippen LogP contribution in [0.25, 0.3) is 0 Å². The molecule has 0 amide bonds. The van der Waals surface area contributed by atoms with Crippen molar-refractivity contribution in [1.29, 1.82) is 0 Å². The molecular formula is C39H66O4. The molecule has 0 aliphatic rings. The highest BCUT2D eigenvalue weighted by molar-refractivity contribution is 5.69. The van der Waals surface area contributed by atoms with Crippen molar-refractivity contribution in [3.8, 4) is 0 Å². The Morgan fingerprint density at radius 1 is 0.535 bits per heavy atom. The number of allylic oxidation sites excluding steroid dienone is 10. The molecule has 0 spiro atoms. The van der Waals surface area contributed by atoms with E-state index in [4.69, 9.17) is 9.84 Å². The summed E-state index contributed by atoms with van der Waals surface area (Å²) in [6.07, 6.45) is 47.8. The van der Waals surface area contributed by atoms with E-state index in [9.17, 15) is 9.59 Å². The molecule has 0 radical (unpaired) electrons. The van der Waals surface area contributed by atoms with Gasteiger partial charge in [0.15, 0.2) is 0 Å². The molecule has 0 aliphatic carbocycles. The molecule has 4 heteroatoms. The van der Waals surface area contributed by atoms with Gasteiger partial charge in [0.2, 0.25) is 0 Å². The molecule has 0 saturated carbocycles. The lowest BCUT2D eigenvalue weighted by Gasteiger charge is -2.13. The molecule has 0 rings (SSSR count). The second-order valence-electron chi connectivity index (χ2n) is 11.8. The Bertz CT molecular complexity index is 774. The van der Waals surface area contributed by atoms with Gasteiger partial charge in [-0.15, -0.1) is 0 Å². The molecule has 0 aromatic rings. The number of esters is 1. The van der Waals surface area contributed by atoms with Crippen molar-refractivity contribution in [1.82, 2.24) is 0 Å². The third-order valence-corrected chi connectivity index (χ3v) is 7.49. The summed E-state index contributed by atoms with van der Waals surface area (Å²) < 4.78 is 5.61. The molecule has 4 nitrogen and oxygen atoms in total. The van der Waals surface area contributed by atoms with Crippen LogP contribution < -0.4 is 0 Å². The summed E-state index contributed by atoms with van der Waals surface area (Å²) >= 11 is 0. The van der Waals surface area contributed by atoms with Gasteiger partial charge in [-0.1, -0.05) is 138 Å². The number of carboxylic acid groups (broad SMARTS) is 1. The average molecular weight is 599 g/mol. The molecule has 1 unspecified atom stereocenters. The van der Waals surface area contributed by atoms with Crippen LogP contribution in [-0.2, 0) is 14.3 Å². The van der Waals surface area contributed by atoms with Gasteiger partial charge in [0.1, 0.15) is 0 Å². The minimum atomic E-state index is -0.675. The molecule has 1 N–H and O–H groups in total. The smallest absolute Gasteiger partial charge is 0.306 e. The van der Waals surface area contributed by atoms with Gasteiger partial charge in [-0.05, 0) is 77.6 Å². The lowest BCUT2D eigenvalue weighted by Crippen LogP contribution is -2.14. The maximum Gasteiger partial charge on any atom is 0.306 e. The fraction of sp³-hybridized carbons (Fsp3) is 0.692. The Morgan fingerprint density at radius 2 is 0.930 bits per heavy atom. The van der Waals surface area contributed by atoms with E-state index in [2.05, 4.69) is 67.7 Å². The van der Waals surface area contributed by atoms with Crippen molar-refractivity contribution in [3.63, 3.8) is 0 Å². The summed E-state index contributed by atoms with van der Waals surface area (Å²) in [6, 6.07) is 0. The molecule has 0 heterocycles. The van der Waals surface area contributed by atoms with Crippen molar-refractivity contribution in [2.75, 3.05) is 0 Å². The first-order chi connectivity index (χ1) is 21.1. The Morgan fingerprint density at radius 3 is 1.42 bits per heavy atom. The quantitative estimate of drug-likeness (QED) is 0.0490. The van der Waals surface area contributed by atoms with Crippen molar-refractivity contribution in [2.24, 2.45) is 0 Å². The maximum atomic E-state index is 12.1. The number of carbonyl (C=O) groups excluding carboxylic acids is 1. The average Bonchev–Trinajstić information content (AvgIpc) is 2.98. The van der Waals surface area contributed by atoms with E-state index in [-0.39, 0.29) is 12.1 Å². The Hall–Kier alpha value is -2.36. The van der Waals surface area contributed by atoms with E-state index < -0.39 is 5.97 Å². The summed E-state index contributed by atoms with van der Waals surface area (Å²) in [5.74, 6) is -0.713. The molecule has 0 saturated heterocycles. The highest BCUT2D eigenvalue weighted by atomic mass is 16.5. The number of ether oxygens (including phenoxy) is 1. The van der Waals surface area contributed by atoms with Gasteiger partial charge in [-0.2, -0.15) is 0 Å². The van der Waals surface area contributed by atoms with E-state index >= 15 is 0 Å². The molecule has 0 bridgehead atoms. The van der Waals surface area contributed by atoms with Crippen LogP contribution in [0.2, 0.25) is 0 Å². The third kappa shape index (κ3) is 35.7. The van der Waals surface area contributed by atoms with Gasteiger partial charge in [0, 0.05) is 12.8 Å². The van der Waals surface area contributed by atoms with Gasteiger partial charge >= 0.3 is 11.9 Å². The monoisotopic (exact) mass is 598 g/mol. The highest BCUT2D eigenvalue weighted by Gasteiger charge is 2.09. The van der Waals surface area contributed by atoms with Gasteiger partial charge in [0.05, 0.1) is 6.10 Å². The molecular weight excluding hydrogens is 532 g/mol. The van der Waals surface area contributed by atoms with Crippen LogP contribution in [0.1, 0.15) is 168 Å². The van der Waals surface area contributed by atoms with Gasteiger partial charge < -0.3 is 9.84 Å². The van der Waals surface area contributed by atoms with Crippen molar-refractivity contribution in [2.45, 2.75) is 174 Å². The minimum Gasteiger partial charge on any atom is -0.481 e. The van der Waals surface area contributed by atoms with Crippen LogP contribution in [0.4, 0.5) is 0 Å². The van der Waals surface area contributed by atoms with Crippen molar-refractivity contribution < 1.29 is 19.4 Å². The summed E-state index contributed by atoms with van der Waals surface area (Å²) in [5.41, 5.74) is 0. The highest BCUT2D eigenvalue weighted by Crippen LogP contribution is 2.15. The van der Waals surface area contributed by atoms with E-state index in [0.29, 0.717) is 12.8 Å². The number of hydrogen-bond donors (Lipinski definition) is 1. The van der Waals surface area contributed by atoms with E-state index in [1.165, 1.54) is 57.8 Å². The first-order valence-corrected chi connectivity index (χ1v) is 17.7. The number of carboxylic acids is 1. The lowest BCUT2D eigenvalue weighted by atomic mass is 10.0. The predicted molar refractivity (Wildman–Crippen MR) is 185 cm³/mol. The molecule has 0 aromatic heterocycles. The van der Waals surface area contributed by atoms with Crippen LogP contribution >= 0.6 is 0 Å². The van der Waals surface area contributed by atoms with Crippen LogP contribution in [0.3, 0.4) is 0 Å². The predicted octanol–water partition coefficient (Wildman–Crippen LogP) is 12.2. The largest absolute Gasteiger partial charge is 0.481 e. The zero-order chi connectivity index (χ0) is 31.5. The van der Waals surface area contributed by atoms with E-state index in [0.717, 1.165) is 83.5 Å². The Kier molecular flexibility index (Phi) is 32.3. The van der Waals surface area contributed by atoms with Gasteiger partial charge in [-0.3, -0.25) is 9.59 Å². The molecule has 0 fully saturated rings. The van der Waals surface area contributed by atoms with Crippen LogP contribution in [0, 0.1) is 0 Å². The topological polar surface area (TPSA) is 63.6 Å². The number of carbonyl (C=O) groups is 2. The second kappa shape index (κ2) is 34.1.